The van der Waals surface area contributed by atoms with Crippen LogP contribution in [0.25, 0.3) is 0 Å². The molecule has 2 atom stereocenters. The average Bonchev–Trinajstić information content (AvgIpc) is 2.33. The lowest BCUT2D eigenvalue weighted by atomic mass is 10.0. The summed E-state index contributed by atoms with van der Waals surface area (Å²) in [6.45, 7) is 5.73. The Morgan fingerprint density at radius 2 is 1.50 bits per heavy atom. The minimum Gasteiger partial charge on any atom is -0.463 e. The van der Waals surface area contributed by atoms with Gasteiger partial charge in [-0.2, -0.15) is 0 Å². The van der Waals surface area contributed by atoms with Crippen LogP contribution in [-0.4, -0.2) is 36.4 Å². The van der Waals surface area contributed by atoms with Crippen LogP contribution in [0.2, 0.25) is 0 Å². The predicted molar refractivity (Wildman–Crippen MR) is 66.7 cm³/mol. The van der Waals surface area contributed by atoms with Crippen molar-refractivity contribution < 1.29 is 24.2 Å². The summed E-state index contributed by atoms with van der Waals surface area (Å²) in [5, 5.41) is 9.68. The normalized spacial score (nSPS) is 14.7. The average molecular weight is 256 g/mol. The SMILES string of the molecule is CCOC(=O)/C=C/[C@@H](C)[C@@H](O)/C=C/C(=O)OCC. The van der Waals surface area contributed by atoms with Gasteiger partial charge >= 0.3 is 11.9 Å². The lowest BCUT2D eigenvalue weighted by molar-refractivity contribution is -0.138. The molecule has 0 aromatic rings. The van der Waals surface area contributed by atoms with Crippen LogP contribution < -0.4 is 0 Å². The summed E-state index contributed by atoms with van der Waals surface area (Å²) in [6.07, 6.45) is 4.43. The van der Waals surface area contributed by atoms with E-state index in [1.165, 1.54) is 24.3 Å². The Labute approximate surface area is 107 Å². The monoisotopic (exact) mass is 256 g/mol. The molecule has 0 radical (unpaired) electrons. The van der Waals surface area contributed by atoms with Crippen LogP contribution in [0.1, 0.15) is 20.8 Å². The minimum absolute atomic E-state index is 0.289. The molecule has 0 fully saturated rings. The molecule has 0 aromatic carbocycles. The van der Waals surface area contributed by atoms with Crippen molar-refractivity contribution in [3.8, 4) is 0 Å². The van der Waals surface area contributed by atoms with Crippen LogP contribution in [0.15, 0.2) is 24.3 Å². The fourth-order valence-corrected chi connectivity index (χ4v) is 1.08. The van der Waals surface area contributed by atoms with Crippen LogP contribution in [0.4, 0.5) is 0 Å². The molecule has 5 heteroatoms. The van der Waals surface area contributed by atoms with Crippen molar-refractivity contribution in [2.75, 3.05) is 13.2 Å². The van der Waals surface area contributed by atoms with Gasteiger partial charge < -0.3 is 14.6 Å². The van der Waals surface area contributed by atoms with Gasteiger partial charge in [0.1, 0.15) is 0 Å². The fraction of sp³-hybridized carbons (Fsp3) is 0.538. The first-order chi connectivity index (χ1) is 8.51. The third kappa shape index (κ3) is 7.62. The maximum absolute atomic E-state index is 11.0. The topological polar surface area (TPSA) is 72.8 Å². The van der Waals surface area contributed by atoms with Gasteiger partial charge in [0.15, 0.2) is 0 Å². The Bertz CT molecular complexity index is 287. The van der Waals surface area contributed by atoms with Gasteiger partial charge in [-0.1, -0.05) is 13.0 Å². The Hall–Kier alpha value is -1.62. The number of esters is 2. The fourth-order valence-electron chi connectivity index (χ4n) is 1.08. The van der Waals surface area contributed by atoms with Crippen LogP contribution in [0.5, 0.6) is 0 Å². The van der Waals surface area contributed by atoms with Crippen LogP contribution >= 0.6 is 0 Å². The van der Waals surface area contributed by atoms with Crippen molar-refractivity contribution in [2.45, 2.75) is 26.9 Å². The molecule has 0 aromatic heterocycles. The number of ether oxygens (including phenoxy) is 2. The zero-order valence-corrected chi connectivity index (χ0v) is 11.0. The van der Waals surface area contributed by atoms with Gasteiger partial charge in [-0.15, -0.1) is 0 Å². The van der Waals surface area contributed by atoms with E-state index in [9.17, 15) is 14.7 Å². The van der Waals surface area contributed by atoms with Gasteiger partial charge in [0.2, 0.25) is 0 Å². The van der Waals surface area contributed by atoms with Crippen molar-refractivity contribution in [3.63, 3.8) is 0 Å². The van der Waals surface area contributed by atoms with Crippen molar-refractivity contribution in [1.29, 1.82) is 0 Å². The minimum atomic E-state index is -0.861. The number of rotatable bonds is 7. The molecular formula is C13H20O5. The van der Waals surface area contributed by atoms with Gasteiger partial charge in [0.05, 0.1) is 19.3 Å². The van der Waals surface area contributed by atoms with Crippen molar-refractivity contribution in [1.82, 2.24) is 0 Å². The number of carbonyl (C=O) groups excluding carboxylic acids is 2. The summed E-state index contributed by atoms with van der Waals surface area (Å²) < 4.78 is 9.38. The quantitative estimate of drug-likeness (QED) is 0.547. The van der Waals surface area contributed by atoms with E-state index in [0.717, 1.165) is 0 Å². The van der Waals surface area contributed by atoms with Gasteiger partial charge in [-0.25, -0.2) is 9.59 Å². The Morgan fingerprint density at radius 3 is 1.94 bits per heavy atom. The molecule has 5 nitrogen and oxygen atoms in total. The number of carbonyl (C=O) groups is 2. The number of aliphatic hydroxyl groups excluding tert-OH is 1. The lowest BCUT2D eigenvalue weighted by Gasteiger charge is -2.10. The molecule has 18 heavy (non-hydrogen) atoms. The first-order valence-corrected chi connectivity index (χ1v) is 5.89. The first kappa shape index (κ1) is 16.4. The maximum atomic E-state index is 11.0. The standard InChI is InChI=1S/C13H20O5/c1-4-17-12(15)8-6-10(3)11(14)7-9-13(16)18-5-2/h6-11,14H,4-5H2,1-3H3/b8-6+,9-7+/t10-,11+/m1/s1. The van der Waals surface area contributed by atoms with Gasteiger partial charge in [0.25, 0.3) is 0 Å². The number of aliphatic hydroxyl groups is 1. The Kier molecular flexibility index (Phi) is 8.57. The summed E-state index contributed by atoms with van der Waals surface area (Å²) in [7, 11) is 0. The first-order valence-electron chi connectivity index (χ1n) is 5.89. The van der Waals surface area contributed by atoms with E-state index < -0.39 is 18.0 Å². The van der Waals surface area contributed by atoms with E-state index >= 15 is 0 Å². The van der Waals surface area contributed by atoms with Gasteiger partial charge in [-0.3, -0.25) is 0 Å². The van der Waals surface area contributed by atoms with E-state index in [4.69, 9.17) is 4.74 Å². The van der Waals surface area contributed by atoms with Crippen LogP contribution in [0.3, 0.4) is 0 Å². The molecule has 102 valence electrons. The molecule has 0 amide bonds. The highest BCUT2D eigenvalue weighted by molar-refractivity contribution is 5.82. The molecule has 0 unspecified atom stereocenters. The summed E-state index contributed by atoms with van der Waals surface area (Å²) in [6, 6.07) is 0. The Morgan fingerprint density at radius 1 is 1.06 bits per heavy atom. The number of hydrogen-bond donors (Lipinski definition) is 1. The summed E-state index contributed by atoms with van der Waals surface area (Å²) in [5.41, 5.74) is 0. The molecular weight excluding hydrogens is 236 g/mol. The second kappa shape index (κ2) is 9.41. The van der Waals surface area contributed by atoms with Crippen LogP contribution in [-0.2, 0) is 19.1 Å². The summed E-state index contributed by atoms with van der Waals surface area (Å²) in [5.74, 6) is -1.26. The second-order valence-electron chi connectivity index (χ2n) is 3.57. The molecule has 0 aliphatic carbocycles. The lowest BCUT2D eigenvalue weighted by Crippen LogP contribution is -2.14. The largest absolute Gasteiger partial charge is 0.463 e. The maximum Gasteiger partial charge on any atom is 0.330 e. The molecule has 0 saturated carbocycles. The summed E-state index contributed by atoms with van der Waals surface area (Å²) >= 11 is 0. The van der Waals surface area contributed by atoms with Gasteiger partial charge in [0, 0.05) is 18.1 Å². The van der Waals surface area contributed by atoms with Gasteiger partial charge in [-0.05, 0) is 19.9 Å². The zero-order valence-electron chi connectivity index (χ0n) is 11.0. The third-order valence-electron chi connectivity index (χ3n) is 2.08. The van der Waals surface area contributed by atoms with E-state index in [-0.39, 0.29) is 12.5 Å². The summed E-state index contributed by atoms with van der Waals surface area (Å²) in [4.78, 5) is 22.0. The molecule has 0 bridgehead atoms. The highest BCUT2D eigenvalue weighted by atomic mass is 16.5. The molecule has 0 heterocycles. The molecule has 0 rings (SSSR count). The molecule has 0 aliphatic heterocycles. The Balaban J connectivity index is 4.21. The van der Waals surface area contributed by atoms with Crippen LogP contribution in [0, 0.1) is 5.92 Å². The second-order valence-corrected chi connectivity index (χ2v) is 3.57. The molecule has 0 spiro atoms. The van der Waals surface area contributed by atoms with E-state index in [1.54, 1.807) is 20.8 Å². The molecule has 0 saturated heterocycles. The zero-order chi connectivity index (χ0) is 14.0. The highest BCUT2D eigenvalue weighted by Gasteiger charge is 2.09. The smallest absolute Gasteiger partial charge is 0.330 e. The molecule has 1 N–H and O–H groups in total. The van der Waals surface area contributed by atoms with Crippen molar-refractivity contribution in [3.05, 3.63) is 24.3 Å². The van der Waals surface area contributed by atoms with Crippen molar-refractivity contribution >= 4 is 11.9 Å². The van der Waals surface area contributed by atoms with E-state index in [0.29, 0.717) is 6.61 Å². The predicted octanol–water partition coefficient (Wildman–Crippen LogP) is 1.22. The van der Waals surface area contributed by atoms with E-state index in [2.05, 4.69) is 4.74 Å². The number of hydrogen-bond acceptors (Lipinski definition) is 5. The molecule has 0 aliphatic rings. The third-order valence-corrected chi connectivity index (χ3v) is 2.08. The van der Waals surface area contributed by atoms with E-state index in [1.807, 2.05) is 0 Å². The van der Waals surface area contributed by atoms with Crippen molar-refractivity contribution in [2.24, 2.45) is 5.92 Å². The highest BCUT2D eigenvalue weighted by Crippen LogP contribution is 2.06.